The van der Waals surface area contributed by atoms with E-state index in [9.17, 15) is 4.79 Å². The summed E-state index contributed by atoms with van der Waals surface area (Å²) in [6.07, 6.45) is 1.51. The summed E-state index contributed by atoms with van der Waals surface area (Å²) < 4.78 is 5.48. The quantitative estimate of drug-likeness (QED) is 0.913. The molecule has 1 aliphatic rings. The molecule has 122 valence electrons. The Labute approximate surface area is 133 Å². The maximum atomic E-state index is 12.2. The molecule has 0 aliphatic carbocycles. The Kier molecular flexibility index (Phi) is 5.12. The molecule has 0 aromatic heterocycles. The van der Waals surface area contributed by atoms with E-state index in [4.69, 9.17) is 10.5 Å². The number of aryl methyl sites for hydroxylation is 1. The minimum Gasteiger partial charge on any atom is -0.444 e. The average molecular weight is 304 g/mol. The maximum absolute atomic E-state index is 12.2. The number of benzene rings is 1. The van der Waals surface area contributed by atoms with Crippen LogP contribution in [0.4, 0.5) is 4.79 Å². The highest BCUT2D eigenvalue weighted by atomic mass is 16.6. The third-order valence-electron chi connectivity index (χ3n) is 4.02. The molecule has 2 atom stereocenters. The summed E-state index contributed by atoms with van der Waals surface area (Å²) in [6, 6.07) is 8.63. The highest BCUT2D eigenvalue weighted by molar-refractivity contribution is 5.68. The fraction of sp³-hybridized carbons (Fsp3) is 0.611. The zero-order valence-electron chi connectivity index (χ0n) is 14.1. The van der Waals surface area contributed by atoms with Crippen LogP contribution in [0.2, 0.25) is 0 Å². The molecule has 4 nitrogen and oxygen atoms in total. The first kappa shape index (κ1) is 16.8. The van der Waals surface area contributed by atoms with E-state index < -0.39 is 5.60 Å². The van der Waals surface area contributed by atoms with Gasteiger partial charge in [0.1, 0.15) is 5.60 Å². The Balaban J connectivity index is 2.00. The van der Waals surface area contributed by atoms with Gasteiger partial charge in [-0.1, -0.05) is 29.8 Å². The maximum Gasteiger partial charge on any atom is 0.410 e. The summed E-state index contributed by atoms with van der Waals surface area (Å²) in [4.78, 5) is 14.0. The standard InChI is InChI=1S/C18H28N2O2/c1-13-6-5-7-14(10-13)11-15-12-20(9-8-16(15)19)17(21)22-18(2,3)4/h5-7,10,15-16H,8-9,11-12,19H2,1-4H3/t15-,16+/m0/s1. The van der Waals surface area contributed by atoms with Crippen molar-refractivity contribution < 1.29 is 9.53 Å². The predicted octanol–water partition coefficient (Wildman–Crippen LogP) is 3.12. The number of hydrogen-bond acceptors (Lipinski definition) is 3. The minimum absolute atomic E-state index is 0.138. The topological polar surface area (TPSA) is 55.6 Å². The number of carbonyl (C=O) groups excluding carboxylic acids is 1. The first-order valence-electron chi connectivity index (χ1n) is 8.03. The number of nitrogens with two attached hydrogens (primary N) is 1. The third-order valence-corrected chi connectivity index (χ3v) is 4.02. The molecule has 1 saturated heterocycles. The van der Waals surface area contributed by atoms with Gasteiger partial charge in [0.05, 0.1) is 0 Å². The van der Waals surface area contributed by atoms with E-state index >= 15 is 0 Å². The van der Waals surface area contributed by atoms with Crippen LogP contribution in [0.1, 0.15) is 38.3 Å². The van der Waals surface area contributed by atoms with Crippen molar-refractivity contribution in [2.24, 2.45) is 11.7 Å². The van der Waals surface area contributed by atoms with E-state index in [1.165, 1.54) is 11.1 Å². The van der Waals surface area contributed by atoms with Crippen LogP contribution in [0.15, 0.2) is 24.3 Å². The Morgan fingerprint density at radius 2 is 2.14 bits per heavy atom. The molecule has 2 rings (SSSR count). The molecule has 0 spiro atoms. The van der Waals surface area contributed by atoms with Crippen LogP contribution in [0, 0.1) is 12.8 Å². The molecule has 4 heteroatoms. The number of nitrogens with zero attached hydrogens (tertiary/aromatic N) is 1. The molecule has 1 heterocycles. The van der Waals surface area contributed by atoms with Crippen molar-refractivity contribution in [3.05, 3.63) is 35.4 Å². The number of hydrogen-bond donors (Lipinski definition) is 1. The van der Waals surface area contributed by atoms with E-state index in [-0.39, 0.29) is 18.1 Å². The lowest BCUT2D eigenvalue weighted by Crippen LogP contribution is -2.51. The van der Waals surface area contributed by atoms with E-state index in [2.05, 4.69) is 31.2 Å². The van der Waals surface area contributed by atoms with Gasteiger partial charge in [0.15, 0.2) is 0 Å². The normalized spacial score (nSPS) is 22.5. The smallest absolute Gasteiger partial charge is 0.410 e. The average Bonchev–Trinajstić information content (AvgIpc) is 2.39. The molecule has 1 aromatic carbocycles. The fourth-order valence-corrected chi connectivity index (χ4v) is 2.90. The van der Waals surface area contributed by atoms with Crippen LogP contribution in [-0.2, 0) is 11.2 Å². The number of carbonyl (C=O) groups is 1. The number of piperidine rings is 1. The minimum atomic E-state index is -0.456. The van der Waals surface area contributed by atoms with Gasteiger partial charge in [0, 0.05) is 19.1 Å². The van der Waals surface area contributed by atoms with Gasteiger partial charge < -0.3 is 15.4 Å². The molecule has 1 amide bonds. The van der Waals surface area contributed by atoms with Crippen LogP contribution in [0.5, 0.6) is 0 Å². The van der Waals surface area contributed by atoms with E-state index in [1.807, 2.05) is 20.8 Å². The lowest BCUT2D eigenvalue weighted by Gasteiger charge is -2.37. The molecule has 0 radical (unpaired) electrons. The number of amides is 1. The number of likely N-dealkylation sites (tertiary alicyclic amines) is 1. The zero-order valence-corrected chi connectivity index (χ0v) is 14.1. The molecular formula is C18H28N2O2. The number of ether oxygens (including phenoxy) is 1. The van der Waals surface area contributed by atoms with Gasteiger partial charge in [-0.2, -0.15) is 0 Å². The van der Waals surface area contributed by atoms with E-state index in [0.29, 0.717) is 13.1 Å². The van der Waals surface area contributed by atoms with Crippen LogP contribution in [0.25, 0.3) is 0 Å². The molecule has 1 aromatic rings. The molecule has 22 heavy (non-hydrogen) atoms. The molecule has 0 saturated carbocycles. The van der Waals surface area contributed by atoms with Crippen molar-refractivity contribution in [1.82, 2.24) is 4.90 Å². The second kappa shape index (κ2) is 6.69. The van der Waals surface area contributed by atoms with Crippen LogP contribution >= 0.6 is 0 Å². The summed E-state index contributed by atoms with van der Waals surface area (Å²) in [5.41, 5.74) is 8.36. The lowest BCUT2D eigenvalue weighted by atomic mass is 9.87. The van der Waals surface area contributed by atoms with Gasteiger partial charge in [-0.25, -0.2) is 4.79 Å². The third kappa shape index (κ3) is 4.73. The first-order chi connectivity index (χ1) is 10.2. The van der Waals surface area contributed by atoms with Crippen molar-refractivity contribution in [3.8, 4) is 0 Å². The van der Waals surface area contributed by atoms with Crippen LogP contribution < -0.4 is 5.73 Å². The van der Waals surface area contributed by atoms with Gasteiger partial charge >= 0.3 is 6.09 Å². The van der Waals surface area contributed by atoms with Crippen molar-refractivity contribution in [1.29, 1.82) is 0 Å². The summed E-state index contributed by atoms with van der Waals surface area (Å²) in [7, 11) is 0. The molecular weight excluding hydrogens is 276 g/mol. The van der Waals surface area contributed by atoms with Gasteiger partial charge in [-0.3, -0.25) is 0 Å². The van der Waals surface area contributed by atoms with Gasteiger partial charge in [-0.15, -0.1) is 0 Å². The SMILES string of the molecule is Cc1cccc(C[C@H]2CN(C(=O)OC(C)(C)C)CC[C@H]2N)c1. The second-order valence-electron chi connectivity index (χ2n) is 7.33. The molecule has 0 bridgehead atoms. The lowest BCUT2D eigenvalue weighted by molar-refractivity contribution is 0.0148. The Morgan fingerprint density at radius 1 is 1.41 bits per heavy atom. The largest absolute Gasteiger partial charge is 0.444 e. The second-order valence-corrected chi connectivity index (χ2v) is 7.33. The van der Waals surface area contributed by atoms with E-state index in [1.54, 1.807) is 4.90 Å². The van der Waals surface area contributed by atoms with Gasteiger partial charge in [-0.05, 0) is 52.0 Å². The summed E-state index contributed by atoms with van der Waals surface area (Å²) in [5.74, 6) is 0.281. The molecule has 2 N–H and O–H groups in total. The summed E-state index contributed by atoms with van der Waals surface area (Å²) in [5, 5.41) is 0. The number of rotatable bonds is 2. The summed E-state index contributed by atoms with van der Waals surface area (Å²) in [6.45, 7) is 9.13. The van der Waals surface area contributed by atoms with Gasteiger partial charge in [0.2, 0.25) is 0 Å². The van der Waals surface area contributed by atoms with Gasteiger partial charge in [0.25, 0.3) is 0 Å². The predicted molar refractivity (Wildman–Crippen MR) is 88.8 cm³/mol. The molecule has 1 fully saturated rings. The van der Waals surface area contributed by atoms with Crippen molar-refractivity contribution in [2.75, 3.05) is 13.1 Å². The Bertz CT molecular complexity index is 522. The molecule has 0 unspecified atom stereocenters. The molecule has 1 aliphatic heterocycles. The van der Waals surface area contributed by atoms with E-state index in [0.717, 1.165) is 12.8 Å². The van der Waals surface area contributed by atoms with Crippen LogP contribution in [0.3, 0.4) is 0 Å². The first-order valence-corrected chi connectivity index (χ1v) is 8.03. The van der Waals surface area contributed by atoms with Crippen molar-refractivity contribution >= 4 is 6.09 Å². The Hall–Kier alpha value is -1.55. The summed E-state index contributed by atoms with van der Waals surface area (Å²) >= 11 is 0. The highest BCUT2D eigenvalue weighted by Crippen LogP contribution is 2.22. The zero-order chi connectivity index (χ0) is 16.3. The highest BCUT2D eigenvalue weighted by Gasteiger charge is 2.31. The van der Waals surface area contributed by atoms with Crippen LogP contribution in [-0.4, -0.2) is 35.7 Å². The van der Waals surface area contributed by atoms with Crippen molar-refractivity contribution in [3.63, 3.8) is 0 Å². The fourth-order valence-electron chi connectivity index (χ4n) is 2.90. The monoisotopic (exact) mass is 304 g/mol. The van der Waals surface area contributed by atoms with Crippen molar-refractivity contribution in [2.45, 2.75) is 52.2 Å². The Morgan fingerprint density at radius 3 is 2.77 bits per heavy atom.